The molecule has 1 nitrogen and oxygen atoms in total. The molecule has 2 heteroatoms. The van der Waals surface area contributed by atoms with Gasteiger partial charge in [-0.25, -0.2) is 4.39 Å². The van der Waals surface area contributed by atoms with E-state index in [1.165, 1.54) is 6.07 Å². The molecule has 2 N–H and O–H groups in total. The normalized spacial score (nSPS) is 28.3. The Morgan fingerprint density at radius 1 is 1.25 bits per heavy atom. The Morgan fingerprint density at radius 3 is 2.44 bits per heavy atom. The van der Waals surface area contributed by atoms with Crippen molar-refractivity contribution >= 4 is 0 Å². The van der Waals surface area contributed by atoms with Crippen LogP contribution in [0.5, 0.6) is 0 Å². The van der Waals surface area contributed by atoms with Gasteiger partial charge in [0.05, 0.1) is 0 Å². The second-order valence-corrected chi connectivity index (χ2v) is 5.96. The van der Waals surface area contributed by atoms with E-state index in [9.17, 15) is 4.39 Å². The van der Waals surface area contributed by atoms with Crippen molar-refractivity contribution in [3.63, 3.8) is 0 Å². The van der Waals surface area contributed by atoms with E-state index < -0.39 is 0 Å². The van der Waals surface area contributed by atoms with Crippen molar-refractivity contribution in [2.24, 2.45) is 11.1 Å². The highest BCUT2D eigenvalue weighted by Crippen LogP contribution is 2.47. The van der Waals surface area contributed by atoms with Crippen LogP contribution in [0, 0.1) is 18.2 Å². The summed E-state index contributed by atoms with van der Waals surface area (Å²) < 4.78 is 13.1. The highest BCUT2D eigenvalue weighted by molar-refractivity contribution is 5.34. The molecule has 1 atom stereocenters. The van der Waals surface area contributed by atoms with Crippen LogP contribution >= 0.6 is 0 Å². The van der Waals surface area contributed by atoms with Gasteiger partial charge in [0.2, 0.25) is 0 Å². The van der Waals surface area contributed by atoms with Gasteiger partial charge in [0.1, 0.15) is 5.82 Å². The Hall–Kier alpha value is -0.890. The van der Waals surface area contributed by atoms with E-state index >= 15 is 0 Å². The zero-order valence-corrected chi connectivity index (χ0v) is 10.3. The molecule has 1 aliphatic rings. The van der Waals surface area contributed by atoms with E-state index in [1.807, 2.05) is 13.0 Å². The predicted molar refractivity (Wildman–Crippen MR) is 64.6 cm³/mol. The molecular formula is C14H20FN. The van der Waals surface area contributed by atoms with Crippen LogP contribution in [0.15, 0.2) is 18.2 Å². The van der Waals surface area contributed by atoms with E-state index in [1.54, 1.807) is 6.07 Å². The van der Waals surface area contributed by atoms with Crippen LogP contribution in [0.3, 0.4) is 0 Å². The number of rotatable bonds is 1. The maximum atomic E-state index is 13.1. The molecule has 0 saturated heterocycles. The number of benzene rings is 1. The van der Waals surface area contributed by atoms with E-state index in [-0.39, 0.29) is 11.4 Å². The lowest BCUT2D eigenvalue weighted by atomic mass is 9.82. The van der Waals surface area contributed by atoms with Crippen LogP contribution in [0.25, 0.3) is 0 Å². The minimum Gasteiger partial charge on any atom is -0.321 e. The van der Waals surface area contributed by atoms with Gasteiger partial charge in [0.25, 0.3) is 0 Å². The van der Waals surface area contributed by atoms with Crippen molar-refractivity contribution in [2.75, 3.05) is 0 Å². The molecule has 0 amide bonds. The maximum absolute atomic E-state index is 13.1. The zero-order valence-electron chi connectivity index (χ0n) is 10.3. The molecule has 0 spiro atoms. The third-order valence-electron chi connectivity index (χ3n) is 3.77. The standard InChI is InChI=1S/C14H20FN/c1-10-8-11(15)4-5-12(10)14(16)7-6-13(2,3)9-14/h4-5,8H,6-7,9,16H2,1-3H3. The summed E-state index contributed by atoms with van der Waals surface area (Å²) in [6.07, 6.45) is 3.11. The van der Waals surface area contributed by atoms with Gasteiger partial charge in [-0.2, -0.15) is 0 Å². The average Bonchev–Trinajstić information content (AvgIpc) is 2.41. The largest absolute Gasteiger partial charge is 0.321 e. The van der Waals surface area contributed by atoms with Gasteiger partial charge in [-0.15, -0.1) is 0 Å². The summed E-state index contributed by atoms with van der Waals surface area (Å²) >= 11 is 0. The Bertz CT molecular complexity index is 411. The molecule has 1 aliphatic carbocycles. The molecule has 1 fully saturated rings. The summed E-state index contributed by atoms with van der Waals surface area (Å²) in [7, 11) is 0. The first-order chi connectivity index (χ1) is 7.32. The van der Waals surface area contributed by atoms with Gasteiger partial charge in [0, 0.05) is 5.54 Å². The Labute approximate surface area is 96.9 Å². The van der Waals surface area contributed by atoms with E-state index in [2.05, 4.69) is 13.8 Å². The van der Waals surface area contributed by atoms with Crippen LogP contribution in [-0.2, 0) is 5.54 Å². The molecule has 1 aromatic rings. The Kier molecular flexibility index (Phi) is 2.58. The minimum absolute atomic E-state index is 0.179. The number of halogens is 1. The van der Waals surface area contributed by atoms with Crippen LogP contribution in [0.4, 0.5) is 4.39 Å². The highest BCUT2D eigenvalue weighted by Gasteiger charge is 2.42. The van der Waals surface area contributed by atoms with Crippen LogP contribution in [0.2, 0.25) is 0 Å². The van der Waals surface area contributed by atoms with Crippen molar-refractivity contribution < 1.29 is 4.39 Å². The third kappa shape index (κ3) is 1.99. The van der Waals surface area contributed by atoms with Gasteiger partial charge in [0.15, 0.2) is 0 Å². The molecule has 0 heterocycles. The summed E-state index contributed by atoms with van der Waals surface area (Å²) in [6.45, 7) is 6.44. The molecule has 1 saturated carbocycles. The van der Waals surface area contributed by atoms with Crippen molar-refractivity contribution in [3.05, 3.63) is 35.1 Å². The quantitative estimate of drug-likeness (QED) is 0.771. The molecule has 88 valence electrons. The van der Waals surface area contributed by atoms with E-state index in [4.69, 9.17) is 5.73 Å². The molecule has 2 rings (SSSR count). The number of hydrogen-bond donors (Lipinski definition) is 1. The number of aryl methyl sites for hydroxylation is 1. The monoisotopic (exact) mass is 221 g/mol. The number of nitrogens with two attached hydrogens (primary N) is 1. The summed E-state index contributed by atoms with van der Waals surface area (Å²) in [4.78, 5) is 0. The van der Waals surface area contributed by atoms with Gasteiger partial charge >= 0.3 is 0 Å². The van der Waals surface area contributed by atoms with Gasteiger partial charge < -0.3 is 5.73 Å². The molecule has 0 bridgehead atoms. The zero-order chi connectivity index (χ0) is 12.0. The summed E-state index contributed by atoms with van der Waals surface area (Å²) in [5.41, 5.74) is 8.61. The van der Waals surface area contributed by atoms with Gasteiger partial charge in [-0.05, 0) is 54.9 Å². The number of hydrogen-bond acceptors (Lipinski definition) is 1. The topological polar surface area (TPSA) is 26.0 Å². The summed E-state index contributed by atoms with van der Waals surface area (Å²) in [6, 6.07) is 4.95. The fourth-order valence-electron chi connectivity index (χ4n) is 3.01. The third-order valence-corrected chi connectivity index (χ3v) is 3.77. The van der Waals surface area contributed by atoms with Crippen LogP contribution in [0.1, 0.15) is 44.2 Å². The Morgan fingerprint density at radius 2 is 1.94 bits per heavy atom. The lowest BCUT2D eigenvalue weighted by Crippen LogP contribution is -2.35. The Balaban J connectivity index is 2.38. The first-order valence-corrected chi connectivity index (χ1v) is 5.88. The average molecular weight is 221 g/mol. The molecule has 0 aromatic heterocycles. The van der Waals surface area contributed by atoms with Crippen LogP contribution in [-0.4, -0.2) is 0 Å². The minimum atomic E-state index is -0.263. The van der Waals surface area contributed by atoms with Crippen molar-refractivity contribution in [1.29, 1.82) is 0 Å². The van der Waals surface area contributed by atoms with Crippen LogP contribution < -0.4 is 5.73 Å². The van der Waals surface area contributed by atoms with E-state index in [0.29, 0.717) is 5.41 Å². The highest BCUT2D eigenvalue weighted by atomic mass is 19.1. The van der Waals surface area contributed by atoms with Crippen molar-refractivity contribution in [3.8, 4) is 0 Å². The van der Waals surface area contributed by atoms with Gasteiger partial charge in [-0.1, -0.05) is 19.9 Å². The van der Waals surface area contributed by atoms with Crippen molar-refractivity contribution in [2.45, 2.75) is 45.6 Å². The molecule has 0 aliphatic heterocycles. The molecule has 1 aromatic carbocycles. The molecule has 1 unspecified atom stereocenters. The molecule has 16 heavy (non-hydrogen) atoms. The van der Waals surface area contributed by atoms with E-state index in [0.717, 1.165) is 30.4 Å². The second kappa shape index (κ2) is 3.56. The first-order valence-electron chi connectivity index (χ1n) is 5.88. The maximum Gasteiger partial charge on any atom is 0.123 e. The second-order valence-electron chi connectivity index (χ2n) is 5.96. The molecule has 0 radical (unpaired) electrons. The smallest absolute Gasteiger partial charge is 0.123 e. The predicted octanol–water partition coefficient (Wildman–Crippen LogP) is 3.50. The first kappa shape index (κ1) is 11.6. The lowest BCUT2D eigenvalue weighted by molar-refractivity contribution is 0.339. The fraction of sp³-hybridized carbons (Fsp3) is 0.571. The SMILES string of the molecule is Cc1cc(F)ccc1C1(N)CCC(C)(C)C1. The summed E-state index contributed by atoms with van der Waals surface area (Å²) in [5, 5.41) is 0. The lowest BCUT2D eigenvalue weighted by Gasteiger charge is -2.28. The fourth-order valence-corrected chi connectivity index (χ4v) is 3.01. The molecular weight excluding hydrogens is 201 g/mol. The van der Waals surface area contributed by atoms with Crippen molar-refractivity contribution in [1.82, 2.24) is 0 Å². The summed E-state index contributed by atoms with van der Waals surface area (Å²) in [5.74, 6) is -0.179. The van der Waals surface area contributed by atoms with Gasteiger partial charge in [-0.3, -0.25) is 0 Å².